The van der Waals surface area contributed by atoms with Gasteiger partial charge in [-0.25, -0.2) is 4.79 Å². The topological polar surface area (TPSA) is 155 Å². The zero-order valence-corrected chi connectivity index (χ0v) is 26.4. The molecule has 12 heteroatoms. The Morgan fingerprint density at radius 2 is 1.70 bits per heavy atom. The maximum absolute atomic E-state index is 12.7. The van der Waals surface area contributed by atoms with E-state index >= 15 is 0 Å². The van der Waals surface area contributed by atoms with Crippen molar-refractivity contribution in [2.75, 3.05) is 26.7 Å². The molecule has 12 nitrogen and oxygen atoms in total. The third-order valence-corrected chi connectivity index (χ3v) is 6.54. The lowest BCUT2D eigenvalue weighted by Gasteiger charge is -2.32. The molecule has 0 saturated carbocycles. The quantitative estimate of drug-likeness (QED) is 0.0760. The third-order valence-electron chi connectivity index (χ3n) is 6.54. The minimum absolute atomic E-state index is 0.0903. The van der Waals surface area contributed by atoms with Gasteiger partial charge in [0.05, 0.1) is 6.04 Å². The van der Waals surface area contributed by atoms with Crippen LogP contribution in [-0.4, -0.2) is 79.7 Å². The molecular weight excluding hydrogens is 554 g/mol. The molecule has 1 rings (SSSR count). The molecule has 0 aromatic carbocycles. The van der Waals surface area contributed by atoms with E-state index in [0.717, 1.165) is 6.42 Å². The van der Waals surface area contributed by atoms with Crippen LogP contribution >= 0.6 is 0 Å². The van der Waals surface area contributed by atoms with E-state index in [1.165, 1.54) is 17.1 Å². The van der Waals surface area contributed by atoms with Crippen LogP contribution in [0, 0.1) is 17.3 Å². The van der Waals surface area contributed by atoms with E-state index in [1.54, 1.807) is 26.3 Å². The van der Waals surface area contributed by atoms with Crippen molar-refractivity contribution in [3.63, 3.8) is 0 Å². The van der Waals surface area contributed by atoms with Gasteiger partial charge in [0.25, 0.3) is 11.8 Å². The fourth-order valence-corrected chi connectivity index (χ4v) is 4.03. The molecule has 0 bridgehead atoms. The summed E-state index contributed by atoms with van der Waals surface area (Å²) in [5.74, 6) is 4.84. The first-order valence-corrected chi connectivity index (χ1v) is 14.8. The van der Waals surface area contributed by atoms with Gasteiger partial charge in [0.1, 0.15) is 12.3 Å². The van der Waals surface area contributed by atoms with Gasteiger partial charge >= 0.3 is 6.09 Å². The lowest BCUT2D eigenvalue weighted by Crippen LogP contribution is -2.53. The van der Waals surface area contributed by atoms with Crippen LogP contribution in [-0.2, 0) is 28.7 Å². The van der Waals surface area contributed by atoms with E-state index in [2.05, 4.69) is 33.1 Å². The predicted molar refractivity (Wildman–Crippen MR) is 163 cm³/mol. The molecular formula is C31H49N5O7. The fraction of sp³-hybridized carbons (Fsp3) is 0.645. The van der Waals surface area contributed by atoms with Gasteiger partial charge in [0, 0.05) is 58.2 Å². The Bertz CT molecular complexity index is 1040. The SMILES string of the molecule is CC#CC[C@@H](C/C=C\NC(=O)[C@@H](NC(C)OC)C(C)(C)C)OC(=O)NCCCNC(=O)CCCCCN1C(=O)C=CC1=O. The number of alkyl carbamates (subject to hydrolysis) is 1. The summed E-state index contributed by atoms with van der Waals surface area (Å²) in [6, 6.07) is -0.482. The van der Waals surface area contributed by atoms with Crippen LogP contribution in [0.2, 0.25) is 0 Å². The molecule has 0 fully saturated rings. The molecule has 5 amide bonds. The fourth-order valence-electron chi connectivity index (χ4n) is 4.03. The van der Waals surface area contributed by atoms with Gasteiger partial charge in [-0.15, -0.1) is 5.92 Å². The van der Waals surface area contributed by atoms with Gasteiger partial charge in [0.15, 0.2) is 0 Å². The number of nitrogens with one attached hydrogen (secondary N) is 4. The zero-order chi connectivity index (χ0) is 32.3. The molecule has 240 valence electrons. The largest absolute Gasteiger partial charge is 0.445 e. The summed E-state index contributed by atoms with van der Waals surface area (Å²) in [6.07, 6.45) is 8.05. The highest BCUT2D eigenvalue weighted by atomic mass is 16.6. The average molecular weight is 604 g/mol. The number of unbranched alkanes of at least 4 members (excludes halogenated alkanes) is 2. The molecule has 1 unspecified atom stereocenters. The molecule has 3 atom stereocenters. The summed E-state index contributed by atoms with van der Waals surface area (Å²) >= 11 is 0. The Balaban J connectivity index is 2.29. The van der Waals surface area contributed by atoms with Gasteiger partial charge in [-0.05, 0) is 44.7 Å². The van der Waals surface area contributed by atoms with Crippen LogP contribution in [0.25, 0.3) is 0 Å². The lowest BCUT2D eigenvalue weighted by molar-refractivity contribution is -0.137. The summed E-state index contributed by atoms with van der Waals surface area (Å²) in [5, 5.41) is 11.4. The van der Waals surface area contributed by atoms with Gasteiger partial charge in [-0.1, -0.05) is 39.2 Å². The molecule has 0 aromatic rings. The van der Waals surface area contributed by atoms with Crippen LogP contribution < -0.4 is 21.3 Å². The highest BCUT2D eigenvalue weighted by Crippen LogP contribution is 2.20. The smallest absolute Gasteiger partial charge is 0.407 e. The van der Waals surface area contributed by atoms with Crippen molar-refractivity contribution in [2.24, 2.45) is 5.41 Å². The number of hydrogen-bond donors (Lipinski definition) is 4. The summed E-state index contributed by atoms with van der Waals surface area (Å²) in [5.41, 5.74) is -0.341. The van der Waals surface area contributed by atoms with E-state index in [4.69, 9.17) is 9.47 Å². The van der Waals surface area contributed by atoms with Crippen LogP contribution in [0.1, 0.15) is 79.6 Å². The van der Waals surface area contributed by atoms with Crippen molar-refractivity contribution < 1.29 is 33.4 Å². The number of rotatable bonds is 19. The molecule has 1 heterocycles. The molecule has 4 N–H and O–H groups in total. The summed E-state index contributed by atoms with van der Waals surface area (Å²) in [6.45, 7) is 10.5. The first-order valence-electron chi connectivity index (χ1n) is 14.8. The number of nitrogens with zero attached hydrogens (tertiary/aromatic N) is 1. The van der Waals surface area contributed by atoms with Crippen LogP contribution in [0.4, 0.5) is 4.79 Å². The standard InChI is InChI=1S/C31H49N5O7/c1-7-8-14-24(15-12-19-33-29(40)28(31(3,4)5)35-23(2)42-6)43-30(41)34-21-13-20-32-25(37)16-10-9-11-22-36-26(38)17-18-27(36)39/h12,17-19,23-24,28,35H,9-11,13-16,20-22H2,1-6H3,(H,32,37)(H,33,40)(H,34,41)/b19-12-/t23?,24-,28+/m0/s1. The van der Waals surface area contributed by atoms with E-state index in [0.29, 0.717) is 58.2 Å². The molecule has 1 aliphatic heterocycles. The second kappa shape index (κ2) is 20.3. The van der Waals surface area contributed by atoms with Crippen molar-refractivity contribution in [1.29, 1.82) is 0 Å². The molecule has 0 radical (unpaired) electrons. The minimum Gasteiger partial charge on any atom is -0.445 e. The molecule has 0 aromatic heterocycles. The minimum atomic E-state index is -0.581. The Kier molecular flexibility index (Phi) is 17.6. The number of hydrogen-bond acceptors (Lipinski definition) is 8. The van der Waals surface area contributed by atoms with Gasteiger partial charge < -0.3 is 25.4 Å². The Morgan fingerprint density at radius 3 is 2.33 bits per heavy atom. The maximum Gasteiger partial charge on any atom is 0.407 e. The van der Waals surface area contributed by atoms with E-state index in [-0.39, 0.29) is 35.3 Å². The molecule has 0 spiro atoms. The molecule has 1 aliphatic rings. The van der Waals surface area contributed by atoms with Crippen molar-refractivity contribution in [3.05, 3.63) is 24.4 Å². The van der Waals surface area contributed by atoms with Gasteiger partial charge in [-0.3, -0.25) is 29.4 Å². The normalized spacial score (nSPS) is 15.1. The summed E-state index contributed by atoms with van der Waals surface area (Å²) in [4.78, 5) is 61.3. The number of ether oxygens (including phenoxy) is 2. The highest BCUT2D eigenvalue weighted by Gasteiger charge is 2.31. The van der Waals surface area contributed by atoms with Crippen LogP contribution in [0.5, 0.6) is 0 Å². The average Bonchev–Trinajstić information content (AvgIpc) is 3.27. The first kappa shape index (κ1) is 37.3. The first-order chi connectivity index (χ1) is 20.4. The van der Waals surface area contributed by atoms with Crippen molar-refractivity contribution in [1.82, 2.24) is 26.2 Å². The van der Waals surface area contributed by atoms with Gasteiger partial charge in [0.2, 0.25) is 11.8 Å². The zero-order valence-electron chi connectivity index (χ0n) is 26.4. The number of methoxy groups -OCH3 is 1. The van der Waals surface area contributed by atoms with Crippen LogP contribution in [0.3, 0.4) is 0 Å². The van der Waals surface area contributed by atoms with Gasteiger partial charge in [-0.2, -0.15) is 0 Å². The number of carbonyl (C=O) groups is 5. The number of imide groups is 1. The molecule has 43 heavy (non-hydrogen) atoms. The monoisotopic (exact) mass is 603 g/mol. The summed E-state index contributed by atoms with van der Waals surface area (Å²) < 4.78 is 10.7. The second-order valence-corrected chi connectivity index (χ2v) is 11.3. The van der Waals surface area contributed by atoms with E-state index < -0.39 is 18.2 Å². The second-order valence-electron chi connectivity index (χ2n) is 11.3. The van der Waals surface area contributed by atoms with E-state index in [9.17, 15) is 24.0 Å². The van der Waals surface area contributed by atoms with Crippen molar-refractivity contribution in [2.45, 2.75) is 97.9 Å². The van der Waals surface area contributed by atoms with Crippen LogP contribution in [0.15, 0.2) is 24.4 Å². The molecule has 0 aliphatic carbocycles. The van der Waals surface area contributed by atoms with E-state index in [1.807, 2.05) is 27.7 Å². The Hall–Kier alpha value is -3.69. The Morgan fingerprint density at radius 1 is 1.02 bits per heavy atom. The van der Waals surface area contributed by atoms with Crippen molar-refractivity contribution >= 4 is 29.7 Å². The lowest BCUT2D eigenvalue weighted by atomic mass is 9.86. The number of carbonyl (C=O) groups excluding carboxylic acids is 5. The third kappa shape index (κ3) is 15.9. The van der Waals surface area contributed by atoms with Crippen molar-refractivity contribution in [3.8, 4) is 11.8 Å². The Labute approximate surface area is 255 Å². The summed E-state index contributed by atoms with van der Waals surface area (Å²) in [7, 11) is 1.57. The molecule has 0 saturated heterocycles. The maximum atomic E-state index is 12.7. The predicted octanol–water partition coefficient (Wildman–Crippen LogP) is 2.50. The number of amides is 5. The highest BCUT2D eigenvalue weighted by molar-refractivity contribution is 6.12.